The summed E-state index contributed by atoms with van der Waals surface area (Å²) in [5.74, 6) is 1.28. The minimum atomic E-state index is 0.642. The fraction of sp³-hybridized carbons (Fsp3) is 0.719. The first kappa shape index (κ1) is 60.0. The Morgan fingerprint density at radius 1 is 0.347 bits per heavy atom. The minimum Gasteiger partial charge on any atom is -0.337 e. The zero-order valence-electron chi connectivity index (χ0n) is 47.6. The van der Waals surface area contributed by atoms with Crippen molar-refractivity contribution in [1.29, 1.82) is 0 Å². The molecule has 0 amide bonds. The molecule has 2 atom stereocenters. The lowest BCUT2D eigenvalue weighted by Gasteiger charge is -2.22. The molecule has 0 aliphatic heterocycles. The van der Waals surface area contributed by atoms with Gasteiger partial charge in [-0.1, -0.05) is 221 Å². The number of halogens is 2. The number of nitrogens with zero attached hydrogens (tertiary/aromatic N) is 4. The molecule has 0 aliphatic carbocycles. The Bertz CT molecular complexity index is 2760. The Morgan fingerprint density at radius 3 is 1.03 bits per heavy atom. The minimum absolute atomic E-state index is 0.642. The van der Waals surface area contributed by atoms with Crippen molar-refractivity contribution in [3.8, 4) is 0 Å². The van der Waals surface area contributed by atoms with E-state index in [4.69, 9.17) is 8.75 Å². The number of rotatable bonds is 40. The van der Waals surface area contributed by atoms with Crippen LogP contribution < -0.4 is 0 Å². The number of hydrogen-bond donors (Lipinski definition) is 0. The van der Waals surface area contributed by atoms with E-state index in [-0.39, 0.29) is 0 Å². The molecule has 1 aromatic carbocycles. The fourth-order valence-corrected chi connectivity index (χ4v) is 20.8. The van der Waals surface area contributed by atoms with Gasteiger partial charge in [-0.15, -0.1) is 45.3 Å². The second-order valence-corrected chi connectivity index (χ2v) is 30.3. The predicted octanol–water partition coefficient (Wildman–Crippen LogP) is 25.7. The van der Waals surface area contributed by atoms with E-state index in [1.54, 1.807) is 11.1 Å². The average molecular weight is 1240 g/mol. The lowest BCUT2D eigenvalue weighted by atomic mass is 9.94. The lowest BCUT2D eigenvalue weighted by molar-refractivity contribution is 0.368. The summed E-state index contributed by atoms with van der Waals surface area (Å²) < 4.78 is 28.4. The second-order valence-electron chi connectivity index (χ2n) is 23.1. The van der Waals surface area contributed by atoms with E-state index in [1.807, 2.05) is 22.7 Å². The summed E-state index contributed by atoms with van der Waals surface area (Å²) in [6, 6.07) is 0. The van der Waals surface area contributed by atoms with E-state index in [0.717, 1.165) is 37.0 Å². The van der Waals surface area contributed by atoms with Gasteiger partial charge in [-0.3, -0.25) is 0 Å². The number of benzene rings is 1. The van der Waals surface area contributed by atoms with Crippen LogP contribution in [-0.2, 0) is 25.9 Å². The van der Waals surface area contributed by atoms with Gasteiger partial charge in [-0.2, -0.15) is 8.75 Å². The number of fused-ring (bicyclic) bond motifs is 14. The zero-order valence-corrected chi connectivity index (χ0v) is 54.9. The third kappa shape index (κ3) is 14.5. The molecule has 11 heteroatoms. The molecule has 75 heavy (non-hydrogen) atoms. The largest absolute Gasteiger partial charge is 0.337 e. The molecule has 4 nitrogen and oxygen atoms in total. The van der Waals surface area contributed by atoms with Crippen molar-refractivity contribution in [2.75, 3.05) is 0 Å². The van der Waals surface area contributed by atoms with Crippen molar-refractivity contribution in [3.63, 3.8) is 0 Å². The van der Waals surface area contributed by atoms with Crippen molar-refractivity contribution in [3.05, 3.63) is 18.7 Å². The van der Waals surface area contributed by atoms with Gasteiger partial charge in [-0.05, 0) is 106 Å². The molecule has 0 fully saturated rings. The van der Waals surface area contributed by atoms with Crippen LogP contribution in [-0.4, -0.2) is 17.9 Å². The maximum Gasteiger partial charge on any atom is 0.116 e. The predicted molar refractivity (Wildman–Crippen MR) is 351 cm³/mol. The lowest BCUT2D eigenvalue weighted by Crippen LogP contribution is -2.14. The maximum absolute atomic E-state index is 5.40. The van der Waals surface area contributed by atoms with E-state index in [2.05, 4.69) is 105 Å². The molecular weight excluding hydrogens is 1140 g/mol. The first-order chi connectivity index (χ1) is 36.9. The molecule has 0 bridgehead atoms. The van der Waals surface area contributed by atoms with E-state index in [0.29, 0.717) is 11.8 Å². The Morgan fingerprint density at radius 2 is 0.667 bits per heavy atom. The van der Waals surface area contributed by atoms with Gasteiger partial charge in [0.1, 0.15) is 11.0 Å². The van der Waals surface area contributed by atoms with Gasteiger partial charge in [0.15, 0.2) is 0 Å². The van der Waals surface area contributed by atoms with Gasteiger partial charge >= 0.3 is 0 Å². The van der Waals surface area contributed by atoms with Crippen LogP contribution >= 0.6 is 88.9 Å². The average Bonchev–Trinajstić information content (AvgIpc) is 4.32. The van der Waals surface area contributed by atoms with Gasteiger partial charge in [0.25, 0.3) is 0 Å². The molecule has 0 spiro atoms. The molecule has 416 valence electrons. The van der Waals surface area contributed by atoms with Crippen molar-refractivity contribution in [1.82, 2.24) is 17.9 Å². The first-order valence-electron chi connectivity index (χ1n) is 31.2. The summed E-state index contributed by atoms with van der Waals surface area (Å²) in [6.07, 6.45) is 47.9. The van der Waals surface area contributed by atoms with E-state index >= 15 is 0 Å². The van der Waals surface area contributed by atoms with Gasteiger partial charge in [0, 0.05) is 23.9 Å². The molecule has 7 aromatic heterocycles. The fourth-order valence-electron chi connectivity index (χ4n) is 12.8. The van der Waals surface area contributed by atoms with Crippen LogP contribution in [0.15, 0.2) is 7.57 Å². The number of hydrogen-bond acceptors (Lipinski definition) is 7. The van der Waals surface area contributed by atoms with Gasteiger partial charge in [-0.25, -0.2) is 0 Å². The normalized spacial score (nSPS) is 13.4. The van der Waals surface area contributed by atoms with Crippen molar-refractivity contribution < 1.29 is 0 Å². The highest BCUT2D eigenvalue weighted by Gasteiger charge is 2.33. The molecule has 0 aliphatic rings. The van der Waals surface area contributed by atoms with Crippen LogP contribution in [0.3, 0.4) is 0 Å². The number of thiophene rings is 4. The highest BCUT2D eigenvalue weighted by Crippen LogP contribution is 2.56. The van der Waals surface area contributed by atoms with E-state index < -0.39 is 0 Å². The SMILES string of the molecule is CCCCCCCCCCCc1c(Br)sc2c1sc1c3c4nsnc4c4c5sc6c(CCCCCCCCCCC)c(Br)sc6c5n(CC(CCCC)CCCCCC)c4c3n(CC(CCCC)CCCCCC)c21. The summed E-state index contributed by atoms with van der Waals surface area (Å²) in [4.78, 5) is 0. The van der Waals surface area contributed by atoms with Crippen LogP contribution in [0.5, 0.6) is 0 Å². The summed E-state index contributed by atoms with van der Waals surface area (Å²) in [7, 11) is 0. The zero-order chi connectivity index (χ0) is 52.5. The molecular formula is C64H96Br2N4S5. The van der Waals surface area contributed by atoms with E-state index in [1.165, 1.54) is 299 Å². The standard InChI is InChI=1S/C64H96Br2N4S5/c1-7-13-19-23-25-27-29-31-35-41-47-57-61(73-63(47)65)55-59(71-57)49-51-52(68-75-67-51)50-54(53(49)69(55)43-45(37-17-11-5)39-33-21-15-9-3)70(44-46(38-18-12-6)40-34-22-16-10-4)56-60(50)72-58-48(64(66)74-62(56)58)42-36-32-30-28-26-24-20-14-8-2/h45-46H,7-44H2,1-6H3. The smallest absolute Gasteiger partial charge is 0.116 e. The molecule has 0 saturated heterocycles. The van der Waals surface area contributed by atoms with Crippen molar-refractivity contribution in [2.24, 2.45) is 11.8 Å². The van der Waals surface area contributed by atoms with Crippen molar-refractivity contribution in [2.45, 2.75) is 286 Å². The number of aryl methyl sites for hydroxylation is 2. The first-order valence-corrected chi connectivity index (χ1v) is 36.8. The third-order valence-electron chi connectivity index (χ3n) is 17.1. The van der Waals surface area contributed by atoms with Crippen LogP contribution in [0.1, 0.15) is 271 Å². The van der Waals surface area contributed by atoms with Crippen LogP contribution in [0.2, 0.25) is 0 Å². The van der Waals surface area contributed by atoms with E-state index in [9.17, 15) is 0 Å². The van der Waals surface area contributed by atoms with Gasteiger partial charge in [0.05, 0.1) is 69.6 Å². The Labute approximate surface area is 490 Å². The van der Waals surface area contributed by atoms with Gasteiger partial charge in [0.2, 0.25) is 0 Å². The van der Waals surface area contributed by atoms with Crippen LogP contribution in [0, 0.1) is 11.8 Å². The van der Waals surface area contributed by atoms with Crippen molar-refractivity contribution >= 4 is 161 Å². The summed E-state index contributed by atoms with van der Waals surface area (Å²) in [6.45, 7) is 16.3. The Hall–Kier alpha value is -1.08. The molecule has 2 unspecified atom stereocenters. The number of aromatic nitrogens is 4. The highest BCUT2D eigenvalue weighted by atomic mass is 79.9. The second kappa shape index (κ2) is 31.2. The molecule has 0 N–H and O–H groups in total. The summed E-state index contributed by atoms with van der Waals surface area (Å²) in [5, 5.41) is 2.79. The topological polar surface area (TPSA) is 35.6 Å². The molecule has 0 radical (unpaired) electrons. The molecule has 0 saturated carbocycles. The summed E-state index contributed by atoms with van der Waals surface area (Å²) in [5.41, 5.74) is 11.4. The Balaban J connectivity index is 1.30. The quantitative estimate of drug-likeness (QED) is 0.0359. The molecule has 8 aromatic rings. The van der Waals surface area contributed by atoms with Crippen LogP contribution in [0.4, 0.5) is 0 Å². The third-order valence-corrected chi connectivity index (χ3v) is 24.4. The Kier molecular flexibility index (Phi) is 25.0. The molecule has 7 heterocycles. The highest BCUT2D eigenvalue weighted by molar-refractivity contribution is 9.11. The van der Waals surface area contributed by atoms with Gasteiger partial charge < -0.3 is 9.13 Å². The van der Waals surface area contributed by atoms with Crippen LogP contribution in [0.25, 0.3) is 72.1 Å². The monoisotopic (exact) mass is 1240 g/mol. The molecule has 8 rings (SSSR count). The number of unbranched alkanes of at least 4 members (excludes halogenated alkanes) is 24. The maximum atomic E-state index is 5.40. The summed E-state index contributed by atoms with van der Waals surface area (Å²) >= 11 is 18.2.